The van der Waals surface area contributed by atoms with E-state index in [1.165, 1.54) is 109 Å². The Morgan fingerprint density at radius 1 is 0.667 bits per heavy atom. The molecule has 1 N–H and O–H groups in total. The summed E-state index contributed by atoms with van der Waals surface area (Å²) in [6, 6.07) is 7.42. The Morgan fingerprint density at radius 2 is 1.03 bits per heavy atom. The highest BCUT2D eigenvalue weighted by Crippen LogP contribution is 2.13. The van der Waals surface area contributed by atoms with Gasteiger partial charge in [-0.25, -0.2) is 0 Å². The van der Waals surface area contributed by atoms with Gasteiger partial charge in [-0.05, 0) is 25.0 Å². The second kappa shape index (κ2) is 17.7. The summed E-state index contributed by atoms with van der Waals surface area (Å²) in [7, 11) is 2.88. The maximum absolute atomic E-state index is 10.4. The average Bonchev–Trinajstić information content (AvgIpc) is 2.68. The van der Waals surface area contributed by atoms with Gasteiger partial charge in [0.2, 0.25) is 0 Å². The van der Waals surface area contributed by atoms with Gasteiger partial charge in [0.05, 0.1) is 32.6 Å². The average molecular weight is 443 g/mol. The molecule has 0 aliphatic heterocycles. The summed E-state index contributed by atoms with van der Waals surface area (Å²) in [6.45, 7) is 3.63. The van der Waals surface area contributed by atoms with Crippen molar-refractivity contribution in [2.45, 2.75) is 102 Å². The van der Waals surface area contributed by atoms with Crippen LogP contribution in [0.2, 0.25) is 0 Å². The molecule has 0 aromatic heterocycles. The highest BCUT2D eigenvalue weighted by atomic mass is 32.2. The first kappa shape index (κ1) is 29.1. The standard InChI is InChI=1S/C19H42N.C6H6O3S/c1-5-6-7-8-9-10-11-12-13-14-15-16-17-18-19-20(2,3)4;7-10(8,9)6-4-2-1-3-5-6/h5-19H2,1-4H3;1-5H,(H,7,8,9)/q+1;. The molecule has 0 spiro atoms. The number of nitrogens with zero attached hydrogens (tertiary/aromatic N) is 1. The zero-order valence-corrected chi connectivity index (χ0v) is 20.9. The lowest BCUT2D eigenvalue weighted by Crippen LogP contribution is -2.35. The first-order valence-electron chi connectivity index (χ1n) is 12.0. The quantitative estimate of drug-likeness (QED) is 0.169. The molecule has 0 radical (unpaired) electrons. The van der Waals surface area contributed by atoms with Crippen LogP contribution in [-0.2, 0) is 10.1 Å². The van der Waals surface area contributed by atoms with Crippen LogP contribution in [0, 0.1) is 0 Å². The van der Waals surface area contributed by atoms with Crippen LogP contribution >= 0.6 is 0 Å². The van der Waals surface area contributed by atoms with Gasteiger partial charge in [0, 0.05) is 0 Å². The molecule has 0 amide bonds. The molecule has 0 aliphatic rings. The Labute approximate surface area is 187 Å². The van der Waals surface area contributed by atoms with Crippen LogP contribution in [0.15, 0.2) is 35.2 Å². The Bertz CT molecular complexity index is 595. The molecule has 0 fully saturated rings. The number of unbranched alkanes of at least 4 members (excludes halogenated alkanes) is 13. The van der Waals surface area contributed by atoms with E-state index >= 15 is 0 Å². The fraction of sp³-hybridized carbons (Fsp3) is 0.760. The molecule has 0 saturated carbocycles. The van der Waals surface area contributed by atoms with Crippen LogP contribution in [0.4, 0.5) is 0 Å². The van der Waals surface area contributed by atoms with Crippen molar-refractivity contribution in [1.29, 1.82) is 0 Å². The van der Waals surface area contributed by atoms with Crippen molar-refractivity contribution in [2.75, 3.05) is 27.7 Å². The molecule has 0 bridgehead atoms. The maximum Gasteiger partial charge on any atom is 0.294 e. The van der Waals surface area contributed by atoms with E-state index < -0.39 is 10.1 Å². The van der Waals surface area contributed by atoms with Crippen LogP contribution < -0.4 is 0 Å². The Kier molecular flexibility index (Phi) is 17.2. The molecule has 5 heteroatoms. The molecular weight excluding hydrogens is 394 g/mol. The van der Waals surface area contributed by atoms with Gasteiger partial charge >= 0.3 is 0 Å². The van der Waals surface area contributed by atoms with Crippen LogP contribution in [0.3, 0.4) is 0 Å². The number of quaternary nitrogens is 1. The topological polar surface area (TPSA) is 54.4 Å². The lowest BCUT2D eigenvalue weighted by atomic mass is 10.0. The second-order valence-corrected chi connectivity index (χ2v) is 10.8. The van der Waals surface area contributed by atoms with Gasteiger partial charge in [0.25, 0.3) is 10.1 Å². The largest absolute Gasteiger partial charge is 0.331 e. The van der Waals surface area contributed by atoms with E-state index in [-0.39, 0.29) is 4.90 Å². The number of rotatable bonds is 16. The maximum atomic E-state index is 10.4. The molecule has 1 rings (SSSR count). The third-order valence-corrected chi connectivity index (χ3v) is 6.09. The number of benzene rings is 1. The number of hydrogen-bond donors (Lipinski definition) is 1. The van der Waals surface area contributed by atoms with E-state index in [1.54, 1.807) is 18.2 Å². The van der Waals surface area contributed by atoms with E-state index in [4.69, 9.17) is 4.55 Å². The lowest BCUT2D eigenvalue weighted by molar-refractivity contribution is -0.870. The van der Waals surface area contributed by atoms with Gasteiger partial charge in [0.15, 0.2) is 0 Å². The monoisotopic (exact) mass is 442 g/mol. The molecule has 30 heavy (non-hydrogen) atoms. The molecule has 1 aromatic carbocycles. The van der Waals surface area contributed by atoms with E-state index in [0.717, 1.165) is 4.48 Å². The zero-order chi connectivity index (χ0) is 22.7. The zero-order valence-electron chi connectivity index (χ0n) is 20.1. The molecule has 0 atom stereocenters. The molecule has 0 unspecified atom stereocenters. The van der Waals surface area contributed by atoms with Crippen LogP contribution in [0.25, 0.3) is 0 Å². The smallest absolute Gasteiger partial charge is 0.294 e. The van der Waals surface area contributed by atoms with Crippen molar-refractivity contribution >= 4 is 10.1 Å². The third kappa shape index (κ3) is 20.4. The van der Waals surface area contributed by atoms with Gasteiger partial charge in [-0.15, -0.1) is 0 Å². The molecule has 0 saturated heterocycles. The fourth-order valence-electron chi connectivity index (χ4n) is 3.37. The first-order valence-corrected chi connectivity index (χ1v) is 13.4. The van der Waals surface area contributed by atoms with Crippen molar-refractivity contribution in [2.24, 2.45) is 0 Å². The minimum absolute atomic E-state index is 0.0741. The minimum atomic E-state index is -4.00. The summed E-state index contributed by atoms with van der Waals surface area (Å²) in [6.07, 6.45) is 20.4. The first-order chi connectivity index (χ1) is 14.2. The molecule has 4 nitrogen and oxygen atoms in total. The number of hydrogen-bond acceptors (Lipinski definition) is 2. The molecule has 176 valence electrons. The van der Waals surface area contributed by atoms with Crippen molar-refractivity contribution in [3.8, 4) is 0 Å². The normalized spacial score (nSPS) is 11.8. The summed E-state index contributed by atoms with van der Waals surface area (Å²) in [5.74, 6) is 0. The molecule has 0 aliphatic carbocycles. The SMILES string of the molecule is CCCCCCCCCCCCCCCC[N+](C)(C)C.O=S(=O)(O)c1ccccc1. The summed E-state index contributed by atoms with van der Waals surface area (Å²) in [4.78, 5) is -0.0741. The van der Waals surface area contributed by atoms with Gasteiger partial charge in [0.1, 0.15) is 0 Å². The van der Waals surface area contributed by atoms with Gasteiger partial charge in [-0.3, -0.25) is 4.55 Å². The van der Waals surface area contributed by atoms with Gasteiger partial charge in [-0.2, -0.15) is 8.42 Å². The fourth-order valence-corrected chi connectivity index (χ4v) is 3.87. The van der Waals surface area contributed by atoms with Crippen LogP contribution in [-0.4, -0.2) is 45.1 Å². The Balaban J connectivity index is 0.000000696. The van der Waals surface area contributed by atoms with Crippen molar-refractivity contribution in [1.82, 2.24) is 0 Å². The van der Waals surface area contributed by atoms with Crippen molar-refractivity contribution in [3.63, 3.8) is 0 Å². The highest BCUT2D eigenvalue weighted by molar-refractivity contribution is 7.85. The van der Waals surface area contributed by atoms with E-state index in [1.807, 2.05) is 0 Å². The minimum Gasteiger partial charge on any atom is -0.331 e. The van der Waals surface area contributed by atoms with Crippen molar-refractivity contribution in [3.05, 3.63) is 30.3 Å². The van der Waals surface area contributed by atoms with E-state index in [2.05, 4.69) is 28.1 Å². The summed E-state index contributed by atoms with van der Waals surface area (Å²) in [5.41, 5.74) is 0. The Hall–Kier alpha value is -0.910. The molecular formula is C25H48NO3S+. The predicted octanol–water partition coefficient (Wildman–Crippen LogP) is 7.11. The van der Waals surface area contributed by atoms with Gasteiger partial charge in [-0.1, -0.05) is 102 Å². The highest BCUT2D eigenvalue weighted by Gasteiger charge is 2.06. The van der Waals surface area contributed by atoms with E-state index in [9.17, 15) is 8.42 Å². The summed E-state index contributed by atoms with van der Waals surface area (Å²) < 4.78 is 30.4. The predicted molar refractivity (Wildman–Crippen MR) is 129 cm³/mol. The Morgan fingerprint density at radius 3 is 1.33 bits per heavy atom. The van der Waals surface area contributed by atoms with Crippen LogP contribution in [0.5, 0.6) is 0 Å². The third-order valence-electron chi connectivity index (χ3n) is 5.22. The van der Waals surface area contributed by atoms with Crippen molar-refractivity contribution < 1.29 is 17.5 Å². The molecule has 0 heterocycles. The van der Waals surface area contributed by atoms with Gasteiger partial charge < -0.3 is 4.48 Å². The second-order valence-electron chi connectivity index (χ2n) is 9.40. The molecule has 1 aromatic rings. The van der Waals surface area contributed by atoms with E-state index in [0.29, 0.717) is 0 Å². The van der Waals surface area contributed by atoms with Crippen LogP contribution in [0.1, 0.15) is 96.8 Å². The summed E-state index contributed by atoms with van der Waals surface area (Å²) >= 11 is 0. The lowest BCUT2D eigenvalue weighted by Gasteiger charge is -2.23. The summed E-state index contributed by atoms with van der Waals surface area (Å²) in [5, 5.41) is 0.